The van der Waals surface area contributed by atoms with E-state index in [9.17, 15) is 4.79 Å². The normalized spacial score (nSPS) is 14.7. The number of thiazole rings is 1. The van der Waals surface area contributed by atoms with Crippen molar-refractivity contribution in [3.8, 4) is 11.3 Å². The van der Waals surface area contributed by atoms with Gasteiger partial charge in [0.15, 0.2) is 10.6 Å². The number of pyridine rings is 1. The lowest BCUT2D eigenvalue weighted by atomic mass is 10.1. The Morgan fingerprint density at radius 1 is 1.14 bits per heavy atom. The highest BCUT2D eigenvalue weighted by molar-refractivity contribution is 7.13. The molecule has 0 atom stereocenters. The van der Waals surface area contributed by atoms with Gasteiger partial charge in [0.25, 0.3) is 0 Å². The van der Waals surface area contributed by atoms with Crippen molar-refractivity contribution in [3.63, 3.8) is 0 Å². The molecule has 0 bridgehead atoms. The fourth-order valence-corrected chi connectivity index (χ4v) is 5.57. The zero-order valence-electron chi connectivity index (χ0n) is 19.1. The number of aryl methyl sites for hydroxylation is 1. The van der Waals surface area contributed by atoms with E-state index in [4.69, 9.17) is 28.9 Å². The molecule has 2 aromatic heterocycles. The molecule has 1 fully saturated rings. The maximum Gasteiger partial charge on any atom is 0.198 e. The molecule has 5 rings (SSSR count). The minimum atomic E-state index is -0.401. The number of nitrogens with zero attached hydrogens (tertiary/aromatic N) is 4. The van der Waals surface area contributed by atoms with Gasteiger partial charge in [0.1, 0.15) is 5.82 Å². The molecule has 0 unspecified atom stereocenters. The number of piperazine rings is 1. The van der Waals surface area contributed by atoms with Crippen molar-refractivity contribution >= 4 is 56.3 Å². The summed E-state index contributed by atoms with van der Waals surface area (Å²) in [7, 11) is 0. The van der Waals surface area contributed by atoms with Crippen LogP contribution in [0.3, 0.4) is 0 Å². The molecule has 0 spiro atoms. The monoisotopic (exact) mass is 531 g/mol. The minimum Gasteiger partial charge on any atom is -0.375 e. The smallest absolute Gasteiger partial charge is 0.198 e. The van der Waals surface area contributed by atoms with Gasteiger partial charge >= 0.3 is 0 Å². The largest absolute Gasteiger partial charge is 0.375 e. The highest BCUT2D eigenvalue weighted by Gasteiger charge is 2.22. The number of anilines is 2. The number of hydrogen-bond donors (Lipinski definition) is 1. The number of benzene rings is 2. The summed E-state index contributed by atoms with van der Waals surface area (Å²) in [6.45, 7) is 6.20. The Balaban J connectivity index is 1.41. The van der Waals surface area contributed by atoms with Crippen LogP contribution < -0.4 is 16.1 Å². The number of nitrogens with two attached hydrogens (primary N) is 1. The van der Waals surface area contributed by atoms with Crippen molar-refractivity contribution in [3.05, 3.63) is 73.6 Å². The lowest BCUT2D eigenvalue weighted by Gasteiger charge is -2.36. The fourth-order valence-electron chi connectivity index (χ4n) is 4.53. The van der Waals surface area contributed by atoms with Crippen LogP contribution in [0.5, 0.6) is 0 Å². The number of hydrogen-bond acceptors (Lipinski definition) is 6. The van der Waals surface area contributed by atoms with Gasteiger partial charge < -0.3 is 15.2 Å². The first kappa shape index (κ1) is 24.1. The highest BCUT2D eigenvalue weighted by atomic mass is 35.5. The summed E-state index contributed by atoms with van der Waals surface area (Å²) < 4.78 is 17.3. The molecule has 182 valence electrons. The molecule has 2 N–H and O–H groups in total. The maximum atomic E-state index is 15.3. The van der Waals surface area contributed by atoms with Gasteiger partial charge in [0, 0.05) is 66.3 Å². The summed E-state index contributed by atoms with van der Waals surface area (Å²) in [5.41, 5.74) is 8.69. The summed E-state index contributed by atoms with van der Waals surface area (Å²) in [5.74, 6) is -0.401. The van der Waals surface area contributed by atoms with Crippen LogP contribution in [0.2, 0.25) is 10.0 Å². The van der Waals surface area contributed by atoms with Gasteiger partial charge in [-0.15, -0.1) is 11.3 Å². The molecular weight excluding hydrogens is 508 g/mol. The molecular formula is C25H24Cl2FN5OS. The summed E-state index contributed by atoms with van der Waals surface area (Å²) in [5, 5.41) is 3.75. The summed E-state index contributed by atoms with van der Waals surface area (Å²) in [6, 6.07) is 8.68. The maximum absolute atomic E-state index is 15.3. The number of aromatic nitrogens is 2. The van der Waals surface area contributed by atoms with Crippen LogP contribution in [0.1, 0.15) is 12.5 Å². The van der Waals surface area contributed by atoms with Crippen LogP contribution in [0.4, 0.5) is 15.2 Å². The van der Waals surface area contributed by atoms with E-state index in [0.29, 0.717) is 69.2 Å². The third-order valence-electron chi connectivity index (χ3n) is 6.41. The van der Waals surface area contributed by atoms with Gasteiger partial charge in [0.2, 0.25) is 0 Å². The average molecular weight is 532 g/mol. The molecule has 0 amide bonds. The number of fused-ring (bicyclic) bond motifs is 1. The molecule has 2 aromatic carbocycles. The number of nitrogen functional groups attached to an aromatic ring is 1. The summed E-state index contributed by atoms with van der Waals surface area (Å²) in [6.07, 6.45) is 1.79. The second kappa shape index (κ2) is 9.78. The third-order valence-corrected chi connectivity index (χ3v) is 7.67. The second-order valence-corrected chi connectivity index (χ2v) is 10.3. The Morgan fingerprint density at radius 3 is 2.57 bits per heavy atom. The lowest BCUT2D eigenvalue weighted by molar-refractivity contribution is 0.249. The SMILES string of the molecule is CCn1cc(-c2csc(N)n2)c(=O)c2cc(F)c(N3CCN(Cc4ccc(Cl)cc4Cl)CC3)cc21. The van der Waals surface area contributed by atoms with Gasteiger partial charge in [-0.25, -0.2) is 9.37 Å². The van der Waals surface area contributed by atoms with Gasteiger partial charge in [0.05, 0.1) is 22.5 Å². The van der Waals surface area contributed by atoms with E-state index in [0.717, 1.165) is 18.7 Å². The summed E-state index contributed by atoms with van der Waals surface area (Å²) >= 11 is 13.6. The molecule has 1 aliphatic rings. The van der Waals surface area contributed by atoms with E-state index in [1.165, 1.54) is 17.4 Å². The minimum absolute atomic E-state index is 0.245. The van der Waals surface area contributed by atoms with Gasteiger partial charge in [-0.1, -0.05) is 29.3 Å². The van der Waals surface area contributed by atoms with E-state index in [1.54, 1.807) is 23.7 Å². The molecule has 6 nitrogen and oxygen atoms in total. The van der Waals surface area contributed by atoms with Crippen molar-refractivity contribution in [2.75, 3.05) is 36.8 Å². The number of rotatable bonds is 5. The Hall–Kier alpha value is -2.65. The summed E-state index contributed by atoms with van der Waals surface area (Å²) in [4.78, 5) is 21.8. The zero-order chi connectivity index (χ0) is 24.7. The Morgan fingerprint density at radius 2 is 1.91 bits per heavy atom. The zero-order valence-corrected chi connectivity index (χ0v) is 21.4. The van der Waals surface area contributed by atoms with Gasteiger partial charge in [-0.2, -0.15) is 0 Å². The van der Waals surface area contributed by atoms with Crippen LogP contribution >= 0.6 is 34.5 Å². The van der Waals surface area contributed by atoms with Crippen LogP contribution in [0.15, 0.2) is 46.7 Å². The van der Waals surface area contributed by atoms with E-state index >= 15 is 4.39 Å². The topological polar surface area (TPSA) is 67.4 Å². The first-order valence-corrected chi connectivity index (χ1v) is 13.0. The molecule has 0 aliphatic carbocycles. The molecule has 35 heavy (non-hydrogen) atoms. The highest BCUT2D eigenvalue weighted by Crippen LogP contribution is 2.29. The van der Waals surface area contributed by atoms with E-state index in [2.05, 4.69) is 9.88 Å². The van der Waals surface area contributed by atoms with Crippen LogP contribution in [-0.2, 0) is 13.1 Å². The second-order valence-electron chi connectivity index (χ2n) is 8.55. The van der Waals surface area contributed by atoms with Gasteiger partial charge in [-0.3, -0.25) is 9.69 Å². The van der Waals surface area contributed by atoms with Crippen molar-refractivity contribution in [2.24, 2.45) is 0 Å². The fraction of sp³-hybridized carbons (Fsp3) is 0.280. The van der Waals surface area contributed by atoms with Crippen molar-refractivity contribution in [2.45, 2.75) is 20.0 Å². The van der Waals surface area contributed by atoms with E-state index in [-0.39, 0.29) is 5.43 Å². The van der Waals surface area contributed by atoms with Gasteiger partial charge in [-0.05, 0) is 36.8 Å². The Kier molecular flexibility index (Phi) is 6.72. The molecule has 3 heterocycles. The average Bonchev–Trinajstić information content (AvgIpc) is 3.27. The molecule has 0 saturated carbocycles. The number of halogens is 3. The molecule has 1 saturated heterocycles. The predicted molar refractivity (Wildman–Crippen MR) is 143 cm³/mol. The quantitative estimate of drug-likeness (QED) is 0.368. The Labute approximate surface area is 216 Å². The molecule has 1 aliphatic heterocycles. The lowest BCUT2D eigenvalue weighted by Crippen LogP contribution is -2.46. The van der Waals surface area contributed by atoms with Crippen molar-refractivity contribution < 1.29 is 4.39 Å². The van der Waals surface area contributed by atoms with Crippen molar-refractivity contribution in [1.82, 2.24) is 14.5 Å². The van der Waals surface area contributed by atoms with E-state index < -0.39 is 5.82 Å². The first-order valence-electron chi connectivity index (χ1n) is 11.3. The first-order chi connectivity index (χ1) is 16.8. The van der Waals surface area contributed by atoms with Crippen LogP contribution in [-0.4, -0.2) is 40.6 Å². The predicted octanol–water partition coefficient (Wildman–Crippen LogP) is 5.50. The molecule has 4 aromatic rings. The van der Waals surface area contributed by atoms with Crippen LogP contribution in [0.25, 0.3) is 22.2 Å². The van der Waals surface area contributed by atoms with E-state index in [1.807, 2.05) is 28.5 Å². The standard InChI is InChI=1S/C25H24Cl2FN5OS/c1-2-32-13-18(21-14-35-25(29)30-21)24(34)17-10-20(28)23(11-22(17)32)33-7-5-31(6-8-33)12-15-3-4-16(26)9-19(15)27/h3-4,9-11,13-14H,2,5-8,12H2,1H3,(H2,29,30). The molecule has 10 heteroatoms. The van der Waals surface area contributed by atoms with Crippen molar-refractivity contribution in [1.29, 1.82) is 0 Å². The van der Waals surface area contributed by atoms with Crippen LogP contribution in [0, 0.1) is 5.82 Å². The molecule has 0 radical (unpaired) electrons. The Bertz CT molecular complexity index is 1460. The third kappa shape index (κ3) is 4.76.